The first-order chi connectivity index (χ1) is 12.1. The SMILES string of the molecule is COc1cc2c(cc1OC)C(n1ncc(=O)c3ccccc31)OC2=O. The van der Waals surface area contributed by atoms with Crippen molar-refractivity contribution in [3.05, 3.63) is 63.9 Å². The van der Waals surface area contributed by atoms with Crippen molar-refractivity contribution in [3.8, 4) is 11.5 Å². The largest absolute Gasteiger partial charge is 0.493 e. The zero-order valence-corrected chi connectivity index (χ0v) is 13.6. The minimum absolute atomic E-state index is 0.191. The highest BCUT2D eigenvalue weighted by atomic mass is 16.6. The molecule has 2 heterocycles. The predicted octanol–water partition coefficient (Wildman–Crippen LogP) is 2.13. The molecule has 1 aliphatic rings. The van der Waals surface area contributed by atoms with Crippen LogP contribution in [0.4, 0.5) is 0 Å². The molecule has 0 aliphatic carbocycles. The maximum Gasteiger partial charge on any atom is 0.341 e. The van der Waals surface area contributed by atoms with E-state index in [9.17, 15) is 9.59 Å². The number of cyclic esters (lactones) is 1. The van der Waals surface area contributed by atoms with Gasteiger partial charge in [0.25, 0.3) is 0 Å². The number of rotatable bonds is 3. The fourth-order valence-electron chi connectivity index (χ4n) is 3.00. The van der Waals surface area contributed by atoms with Crippen molar-refractivity contribution in [2.75, 3.05) is 14.2 Å². The second-order valence-corrected chi connectivity index (χ2v) is 5.52. The van der Waals surface area contributed by atoms with E-state index in [-0.39, 0.29) is 5.43 Å². The minimum Gasteiger partial charge on any atom is -0.493 e. The molecule has 0 saturated carbocycles. The molecule has 1 aromatic heterocycles. The second-order valence-electron chi connectivity index (χ2n) is 5.52. The van der Waals surface area contributed by atoms with Gasteiger partial charge in [-0.05, 0) is 24.3 Å². The predicted molar refractivity (Wildman–Crippen MR) is 89.1 cm³/mol. The average Bonchev–Trinajstić information content (AvgIpc) is 2.97. The number of carbonyl (C=O) groups excluding carboxylic acids is 1. The Labute approximate surface area is 142 Å². The number of hydrogen-bond acceptors (Lipinski definition) is 6. The van der Waals surface area contributed by atoms with Crippen LogP contribution in [-0.4, -0.2) is 30.0 Å². The highest BCUT2D eigenvalue weighted by molar-refractivity contribution is 5.95. The van der Waals surface area contributed by atoms with Crippen LogP contribution in [0.15, 0.2) is 47.4 Å². The van der Waals surface area contributed by atoms with Crippen molar-refractivity contribution in [1.82, 2.24) is 9.78 Å². The van der Waals surface area contributed by atoms with E-state index >= 15 is 0 Å². The summed E-state index contributed by atoms with van der Waals surface area (Å²) in [6, 6.07) is 10.3. The second kappa shape index (κ2) is 5.62. The fraction of sp³-hybridized carbons (Fsp3) is 0.167. The summed E-state index contributed by atoms with van der Waals surface area (Å²) in [6.45, 7) is 0. The molecule has 0 spiro atoms. The number of nitrogens with zero attached hydrogens (tertiary/aromatic N) is 2. The number of ether oxygens (including phenoxy) is 3. The van der Waals surface area contributed by atoms with E-state index in [0.717, 1.165) is 0 Å². The van der Waals surface area contributed by atoms with Crippen molar-refractivity contribution in [3.63, 3.8) is 0 Å². The number of carbonyl (C=O) groups is 1. The molecule has 7 nitrogen and oxygen atoms in total. The summed E-state index contributed by atoms with van der Waals surface area (Å²) >= 11 is 0. The van der Waals surface area contributed by atoms with Crippen LogP contribution in [0.3, 0.4) is 0 Å². The Kier molecular flexibility index (Phi) is 3.42. The van der Waals surface area contributed by atoms with Crippen molar-refractivity contribution in [1.29, 1.82) is 0 Å². The third-order valence-electron chi connectivity index (χ3n) is 4.20. The molecule has 126 valence electrons. The third-order valence-corrected chi connectivity index (χ3v) is 4.20. The summed E-state index contributed by atoms with van der Waals surface area (Å²) in [7, 11) is 3.02. The van der Waals surface area contributed by atoms with E-state index in [2.05, 4.69) is 5.10 Å². The Bertz CT molecular complexity index is 1060. The van der Waals surface area contributed by atoms with E-state index in [0.29, 0.717) is 33.5 Å². The lowest BCUT2D eigenvalue weighted by Crippen LogP contribution is -2.18. The molecule has 0 N–H and O–H groups in total. The molecule has 3 aromatic rings. The molecule has 0 amide bonds. The maximum atomic E-state index is 12.3. The Morgan fingerprint density at radius 3 is 2.56 bits per heavy atom. The Morgan fingerprint density at radius 2 is 1.80 bits per heavy atom. The Morgan fingerprint density at radius 1 is 1.08 bits per heavy atom. The van der Waals surface area contributed by atoms with Gasteiger partial charge in [0.05, 0.1) is 31.5 Å². The zero-order chi connectivity index (χ0) is 17.6. The third kappa shape index (κ3) is 2.24. The molecular formula is C18H14N2O5. The van der Waals surface area contributed by atoms with Gasteiger partial charge in [0.15, 0.2) is 11.5 Å². The monoisotopic (exact) mass is 338 g/mol. The van der Waals surface area contributed by atoms with Gasteiger partial charge in [-0.3, -0.25) is 4.79 Å². The molecule has 0 bridgehead atoms. The number of methoxy groups -OCH3 is 2. The lowest BCUT2D eigenvalue weighted by molar-refractivity contribution is 0.0299. The molecule has 0 fully saturated rings. The first-order valence-electron chi connectivity index (χ1n) is 7.57. The van der Waals surface area contributed by atoms with Crippen LogP contribution in [0.2, 0.25) is 0 Å². The van der Waals surface area contributed by atoms with Crippen LogP contribution in [0.25, 0.3) is 10.9 Å². The van der Waals surface area contributed by atoms with Crippen molar-refractivity contribution in [2.24, 2.45) is 0 Å². The van der Waals surface area contributed by atoms with Crippen LogP contribution in [-0.2, 0) is 4.74 Å². The highest BCUT2D eigenvalue weighted by Gasteiger charge is 2.35. The first kappa shape index (κ1) is 15.2. The number of esters is 1. The highest BCUT2D eigenvalue weighted by Crippen LogP contribution is 2.39. The van der Waals surface area contributed by atoms with Gasteiger partial charge in [-0.2, -0.15) is 5.10 Å². The standard InChI is InChI=1S/C18H14N2O5/c1-23-15-7-11-12(8-16(15)24-2)18(22)25-17(11)20-13-6-4-3-5-10(13)14(21)9-19-20/h3-9,17H,1-2H3. The molecule has 25 heavy (non-hydrogen) atoms. The number of aromatic nitrogens is 2. The number of fused-ring (bicyclic) bond motifs is 2. The Hall–Kier alpha value is -3.35. The van der Waals surface area contributed by atoms with Crippen LogP contribution in [0.5, 0.6) is 11.5 Å². The van der Waals surface area contributed by atoms with Gasteiger partial charge in [0.1, 0.15) is 0 Å². The van der Waals surface area contributed by atoms with Crippen molar-refractivity contribution in [2.45, 2.75) is 6.23 Å². The lowest BCUT2D eigenvalue weighted by atomic mass is 10.1. The molecule has 1 unspecified atom stereocenters. The molecule has 7 heteroatoms. The Balaban J connectivity index is 1.95. The number of benzene rings is 2. The van der Waals surface area contributed by atoms with E-state index in [4.69, 9.17) is 14.2 Å². The molecule has 4 rings (SSSR count). The van der Waals surface area contributed by atoms with Crippen molar-refractivity contribution >= 4 is 16.9 Å². The fourth-order valence-corrected chi connectivity index (χ4v) is 3.00. The topological polar surface area (TPSA) is 79.7 Å². The van der Waals surface area contributed by atoms with E-state index in [1.165, 1.54) is 25.1 Å². The van der Waals surface area contributed by atoms with Gasteiger partial charge in [-0.25, -0.2) is 9.48 Å². The van der Waals surface area contributed by atoms with E-state index in [1.54, 1.807) is 36.4 Å². The average molecular weight is 338 g/mol. The van der Waals surface area contributed by atoms with Crippen LogP contribution in [0.1, 0.15) is 22.1 Å². The summed E-state index contributed by atoms with van der Waals surface area (Å²) in [5.74, 6) is 0.442. The van der Waals surface area contributed by atoms with Gasteiger partial charge >= 0.3 is 5.97 Å². The van der Waals surface area contributed by atoms with E-state index < -0.39 is 12.2 Å². The van der Waals surface area contributed by atoms with Gasteiger partial charge in [-0.15, -0.1) is 0 Å². The molecule has 1 atom stereocenters. The van der Waals surface area contributed by atoms with E-state index in [1.807, 2.05) is 0 Å². The normalized spacial score (nSPS) is 15.8. The molecule has 0 saturated heterocycles. The number of para-hydroxylation sites is 1. The van der Waals surface area contributed by atoms with Crippen LogP contribution < -0.4 is 14.9 Å². The number of hydrogen-bond donors (Lipinski definition) is 0. The van der Waals surface area contributed by atoms with Crippen LogP contribution in [0, 0.1) is 0 Å². The molecule has 1 aliphatic heterocycles. The molecule has 2 aromatic carbocycles. The van der Waals surface area contributed by atoms with Gasteiger partial charge < -0.3 is 14.2 Å². The van der Waals surface area contributed by atoms with Crippen molar-refractivity contribution < 1.29 is 19.0 Å². The van der Waals surface area contributed by atoms with Gasteiger partial charge in [0, 0.05) is 10.9 Å². The molecular weight excluding hydrogens is 324 g/mol. The zero-order valence-electron chi connectivity index (χ0n) is 13.6. The quantitative estimate of drug-likeness (QED) is 0.681. The summed E-state index contributed by atoms with van der Waals surface area (Å²) in [5.41, 5.74) is 1.37. The van der Waals surface area contributed by atoms with Gasteiger partial charge in [0.2, 0.25) is 11.7 Å². The minimum atomic E-state index is -0.784. The summed E-state index contributed by atoms with van der Waals surface area (Å²) in [6.07, 6.45) is 0.433. The first-order valence-corrected chi connectivity index (χ1v) is 7.57. The molecule has 0 radical (unpaired) electrons. The summed E-state index contributed by atoms with van der Waals surface area (Å²) < 4.78 is 17.6. The van der Waals surface area contributed by atoms with Gasteiger partial charge in [-0.1, -0.05) is 12.1 Å². The lowest BCUT2D eigenvalue weighted by Gasteiger charge is -2.17. The summed E-state index contributed by atoms with van der Waals surface area (Å²) in [4.78, 5) is 24.3. The summed E-state index contributed by atoms with van der Waals surface area (Å²) in [5, 5.41) is 4.68. The smallest absolute Gasteiger partial charge is 0.341 e. The maximum absolute atomic E-state index is 12.3. The van der Waals surface area contributed by atoms with Crippen LogP contribution >= 0.6 is 0 Å².